The molecule has 0 spiro atoms. The summed E-state index contributed by atoms with van der Waals surface area (Å²) in [4.78, 5) is 0. The monoisotopic (exact) mass is 381 g/mol. The van der Waals surface area contributed by atoms with Crippen molar-refractivity contribution in [1.82, 2.24) is 0 Å². The molecule has 0 radical (unpaired) electrons. The molecular weight excluding hydrogens is 350 g/mol. The number of anilines is 1. The van der Waals surface area contributed by atoms with E-state index < -0.39 is 0 Å². The first kappa shape index (κ1) is 23.5. The molecule has 4 rings (SSSR count). The summed E-state index contributed by atoms with van der Waals surface area (Å²) in [7, 11) is 0. The Morgan fingerprint density at radius 3 is 1.59 bits per heavy atom. The standard InChI is InChI=1S/C13H11N.C7H8.C6H6.C2H6/c1-2-5-9-12(8-4-1)14-13-10-6-3-7-11-13;1-7-5-3-2-4-6-7;1-2-4-6-5-3-1;1-2/h1,3-11,14H;2-6H,1H3;1-6H;1-2H3. The first-order chi connectivity index (χ1) is 14.3. The Hall–Kier alpha value is -3.54. The summed E-state index contributed by atoms with van der Waals surface area (Å²) in [6, 6.07) is 32.4. The highest BCUT2D eigenvalue weighted by Gasteiger charge is 1.92. The molecule has 1 nitrogen and oxygen atoms in total. The molecule has 0 atom stereocenters. The maximum absolute atomic E-state index is 3.30. The Labute approximate surface area is 176 Å². The minimum Gasteiger partial charge on any atom is -0.356 e. The molecular formula is C28H31N. The number of rotatable bonds is 2. The minimum absolute atomic E-state index is 1.07. The van der Waals surface area contributed by atoms with E-state index in [1.54, 1.807) is 0 Å². The highest BCUT2D eigenvalue weighted by atomic mass is 14.9. The van der Waals surface area contributed by atoms with E-state index in [2.05, 4.69) is 30.1 Å². The van der Waals surface area contributed by atoms with E-state index in [0.717, 1.165) is 11.4 Å². The highest BCUT2D eigenvalue weighted by molar-refractivity contribution is 5.51. The second-order valence-corrected chi connectivity index (χ2v) is 5.78. The smallest absolute Gasteiger partial charge is 0.0390 e. The van der Waals surface area contributed by atoms with Crippen molar-refractivity contribution in [2.75, 3.05) is 5.32 Å². The van der Waals surface area contributed by atoms with Gasteiger partial charge in [0.1, 0.15) is 0 Å². The Morgan fingerprint density at radius 1 is 0.621 bits per heavy atom. The first-order valence-electron chi connectivity index (χ1n) is 9.98. The van der Waals surface area contributed by atoms with E-state index in [1.807, 2.05) is 129 Å². The van der Waals surface area contributed by atoms with Gasteiger partial charge in [-0.25, -0.2) is 0 Å². The van der Waals surface area contributed by atoms with Crippen molar-refractivity contribution in [3.8, 4) is 0 Å². The molecule has 0 saturated carbocycles. The molecule has 1 heteroatoms. The van der Waals surface area contributed by atoms with Gasteiger partial charge in [0.05, 0.1) is 0 Å². The van der Waals surface area contributed by atoms with Gasteiger partial charge in [-0.2, -0.15) is 0 Å². The molecule has 0 amide bonds. The van der Waals surface area contributed by atoms with E-state index >= 15 is 0 Å². The highest BCUT2D eigenvalue weighted by Crippen LogP contribution is 2.10. The third-order valence-corrected chi connectivity index (χ3v) is 3.50. The van der Waals surface area contributed by atoms with Crippen molar-refractivity contribution in [1.29, 1.82) is 0 Å². The van der Waals surface area contributed by atoms with Crippen LogP contribution in [-0.2, 0) is 0 Å². The van der Waals surface area contributed by atoms with Crippen LogP contribution in [0.3, 0.4) is 0 Å². The van der Waals surface area contributed by atoms with E-state index in [9.17, 15) is 0 Å². The van der Waals surface area contributed by atoms with Crippen LogP contribution in [0.2, 0.25) is 0 Å². The molecule has 0 aliphatic heterocycles. The van der Waals surface area contributed by atoms with Gasteiger partial charge in [0.25, 0.3) is 0 Å². The quantitative estimate of drug-likeness (QED) is 0.444. The predicted octanol–water partition coefficient (Wildman–Crippen LogP) is 7.97. The molecule has 29 heavy (non-hydrogen) atoms. The number of nitrogens with one attached hydrogen (secondary N) is 1. The van der Waals surface area contributed by atoms with Gasteiger partial charge in [0.2, 0.25) is 0 Å². The molecule has 0 unspecified atom stereocenters. The fourth-order valence-corrected chi connectivity index (χ4v) is 2.15. The average molecular weight is 382 g/mol. The largest absolute Gasteiger partial charge is 0.356 e. The lowest BCUT2D eigenvalue weighted by Gasteiger charge is -2.05. The van der Waals surface area contributed by atoms with Gasteiger partial charge in [0, 0.05) is 11.4 Å². The zero-order chi connectivity index (χ0) is 21.0. The van der Waals surface area contributed by atoms with Gasteiger partial charge in [-0.05, 0) is 43.4 Å². The van der Waals surface area contributed by atoms with Gasteiger partial charge in [-0.3, -0.25) is 0 Å². The lowest BCUT2D eigenvalue weighted by molar-refractivity contribution is 1.48. The zero-order valence-electron chi connectivity index (χ0n) is 17.6. The molecule has 3 aromatic carbocycles. The van der Waals surface area contributed by atoms with Crippen LogP contribution in [0.25, 0.3) is 0 Å². The van der Waals surface area contributed by atoms with Crippen LogP contribution in [0.15, 0.2) is 139 Å². The third kappa shape index (κ3) is 12.5. The second kappa shape index (κ2) is 16.6. The minimum atomic E-state index is 1.07. The predicted molar refractivity (Wildman–Crippen MR) is 129 cm³/mol. The fourth-order valence-electron chi connectivity index (χ4n) is 2.15. The lowest BCUT2D eigenvalue weighted by Crippen LogP contribution is -1.95. The normalized spacial score (nSPS) is 10.5. The molecule has 0 bridgehead atoms. The Balaban J connectivity index is 0.000000234. The topological polar surface area (TPSA) is 12.0 Å². The lowest BCUT2D eigenvalue weighted by atomic mass is 10.2. The van der Waals surface area contributed by atoms with Crippen LogP contribution in [0.1, 0.15) is 19.4 Å². The number of benzene rings is 3. The van der Waals surface area contributed by atoms with Crippen LogP contribution in [0, 0.1) is 6.92 Å². The number of hydrogen-bond acceptors (Lipinski definition) is 1. The number of allylic oxidation sites excluding steroid dienone is 4. The molecule has 1 aliphatic rings. The van der Waals surface area contributed by atoms with E-state index in [4.69, 9.17) is 0 Å². The van der Waals surface area contributed by atoms with Gasteiger partial charge in [-0.15, -0.1) is 5.73 Å². The molecule has 0 aromatic heterocycles. The zero-order valence-corrected chi connectivity index (χ0v) is 17.6. The van der Waals surface area contributed by atoms with Crippen molar-refractivity contribution >= 4 is 5.69 Å². The Bertz CT molecular complexity index is 843. The molecule has 1 N–H and O–H groups in total. The van der Waals surface area contributed by atoms with Crippen molar-refractivity contribution < 1.29 is 0 Å². The van der Waals surface area contributed by atoms with Crippen molar-refractivity contribution in [3.63, 3.8) is 0 Å². The SMILES string of the molecule is C1=CC=CC(Nc2ccccc2)=CC=1.CC.Cc1ccccc1.c1ccccc1. The van der Waals surface area contributed by atoms with Crippen molar-refractivity contribution in [2.24, 2.45) is 0 Å². The van der Waals surface area contributed by atoms with Crippen LogP contribution < -0.4 is 5.32 Å². The summed E-state index contributed by atoms with van der Waals surface area (Å²) in [6.07, 6.45) is 9.75. The third-order valence-electron chi connectivity index (χ3n) is 3.50. The van der Waals surface area contributed by atoms with Gasteiger partial charge in [-0.1, -0.05) is 110 Å². The van der Waals surface area contributed by atoms with Gasteiger partial charge < -0.3 is 5.32 Å². The molecule has 1 aliphatic carbocycles. The molecule has 0 heterocycles. The van der Waals surface area contributed by atoms with Gasteiger partial charge in [0.15, 0.2) is 0 Å². The molecule has 0 fully saturated rings. The summed E-state index contributed by atoms with van der Waals surface area (Å²) in [5.74, 6) is 0. The summed E-state index contributed by atoms with van der Waals surface area (Å²) < 4.78 is 0. The first-order valence-corrected chi connectivity index (χ1v) is 9.98. The van der Waals surface area contributed by atoms with E-state index in [1.165, 1.54) is 5.56 Å². The maximum Gasteiger partial charge on any atom is 0.0390 e. The van der Waals surface area contributed by atoms with Crippen molar-refractivity contribution in [2.45, 2.75) is 20.8 Å². The number of hydrogen-bond donors (Lipinski definition) is 1. The molecule has 3 aromatic rings. The molecule has 0 saturated heterocycles. The van der Waals surface area contributed by atoms with Crippen LogP contribution >= 0.6 is 0 Å². The number of aryl methyl sites for hydroxylation is 1. The van der Waals surface area contributed by atoms with E-state index in [-0.39, 0.29) is 0 Å². The summed E-state index contributed by atoms with van der Waals surface area (Å²) in [5, 5.41) is 3.30. The maximum atomic E-state index is 3.30. The summed E-state index contributed by atoms with van der Waals surface area (Å²) >= 11 is 0. The second-order valence-electron chi connectivity index (χ2n) is 5.78. The Kier molecular flexibility index (Phi) is 13.5. The summed E-state index contributed by atoms with van der Waals surface area (Å²) in [5.41, 5.74) is 6.49. The Morgan fingerprint density at radius 2 is 1.10 bits per heavy atom. The average Bonchev–Trinajstić information content (AvgIpc) is 3.07. The van der Waals surface area contributed by atoms with Crippen LogP contribution in [-0.4, -0.2) is 0 Å². The number of para-hydroxylation sites is 1. The van der Waals surface area contributed by atoms with Crippen molar-refractivity contribution in [3.05, 3.63) is 144 Å². The molecule has 148 valence electrons. The van der Waals surface area contributed by atoms with Gasteiger partial charge >= 0.3 is 0 Å². The fraction of sp³-hybridized carbons (Fsp3) is 0.107. The summed E-state index contributed by atoms with van der Waals surface area (Å²) in [6.45, 7) is 6.08. The van der Waals surface area contributed by atoms with E-state index in [0.29, 0.717) is 0 Å². The van der Waals surface area contributed by atoms with Crippen LogP contribution in [0.4, 0.5) is 5.69 Å². The van der Waals surface area contributed by atoms with Crippen LogP contribution in [0.5, 0.6) is 0 Å².